The molecule has 0 bridgehead atoms. The summed E-state index contributed by atoms with van der Waals surface area (Å²) in [6.07, 6.45) is 5.92. The summed E-state index contributed by atoms with van der Waals surface area (Å²) in [6.45, 7) is 5.50. The van der Waals surface area contributed by atoms with Gasteiger partial charge in [-0.15, -0.1) is 0 Å². The molecule has 0 aliphatic heterocycles. The molecule has 0 amide bonds. The Balaban J connectivity index is 1.81. The Labute approximate surface area is 125 Å². The minimum absolute atomic E-state index is 0.280. The maximum absolute atomic E-state index is 6.10. The van der Waals surface area contributed by atoms with E-state index in [-0.39, 0.29) is 6.04 Å². The Morgan fingerprint density at radius 3 is 2.75 bits per heavy atom. The molecule has 1 heterocycles. The molecule has 1 unspecified atom stereocenters. The highest BCUT2D eigenvalue weighted by Crippen LogP contribution is 2.46. The van der Waals surface area contributed by atoms with E-state index in [0.29, 0.717) is 4.75 Å². The van der Waals surface area contributed by atoms with Gasteiger partial charge in [0.15, 0.2) is 0 Å². The smallest absolute Gasteiger partial charge is 0.134 e. The predicted molar refractivity (Wildman–Crippen MR) is 87.5 cm³/mol. The van der Waals surface area contributed by atoms with Crippen molar-refractivity contribution in [2.75, 3.05) is 12.8 Å². The molecular weight excluding hydrogens is 266 g/mol. The van der Waals surface area contributed by atoms with Crippen molar-refractivity contribution >= 4 is 22.7 Å². The van der Waals surface area contributed by atoms with Crippen molar-refractivity contribution in [1.29, 1.82) is 0 Å². The highest BCUT2D eigenvalue weighted by Gasteiger charge is 2.41. The molecule has 2 nitrogen and oxygen atoms in total. The Morgan fingerprint density at radius 1 is 1.35 bits per heavy atom. The van der Waals surface area contributed by atoms with Crippen LogP contribution in [-0.4, -0.2) is 17.5 Å². The second-order valence-electron chi connectivity index (χ2n) is 5.78. The molecule has 1 N–H and O–H groups in total. The van der Waals surface area contributed by atoms with E-state index in [1.54, 1.807) is 0 Å². The van der Waals surface area contributed by atoms with Crippen LogP contribution in [0.3, 0.4) is 0 Å². The Morgan fingerprint density at radius 2 is 2.10 bits per heavy atom. The average Bonchev–Trinajstić information content (AvgIpc) is 3.17. The third kappa shape index (κ3) is 2.49. The first-order valence-corrected chi connectivity index (χ1v) is 8.70. The molecule has 1 aliphatic carbocycles. The van der Waals surface area contributed by atoms with Gasteiger partial charge in [-0.2, -0.15) is 11.8 Å². The molecule has 3 heteroatoms. The molecule has 2 aromatic rings. The molecule has 1 aromatic heterocycles. The monoisotopic (exact) mass is 289 g/mol. The van der Waals surface area contributed by atoms with Crippen molar-refractivity contribution in [3.63, 3.8) is 0 Å². The van der Waals surface area contributed by atoms with Crippen LogP contribution in [0.2, 0.25) is 0 Å². The first-order chi connectivity index (χ1) is 9.69. The number of nitrogens with one attached hydrogen (secondary N) is 1. The van der Waals surface area contributed by atoms with Gasteiger partial charge < -0.3 is 9.73 Å². The van der Waals surface area contributed by atoms with E-state index in [1.807, 2.05) is 17.8 Å². The molecule has 0 saturated heterocycles. The van der Waals surface area contributed by atoms with Crippen molar-refractivity contribution < 1.29 is 4.42 Å². The molecule has 20 heavy (non-hydrogen) atoms. The summed E-state index contributed by atoms with van der Waals surface area (Å²) in [6, 6.07) is 8.64. The number of furan rings is 1. The fourth-order valence-electron chi connectivity index (χ4n) is 2.86. The first kappa shape index (κ1) is 14.0. The lowest BCUT2D eigenvalue weighted by Crippen LogP contribution is -2.28. The van der Waals surface area contributed by atoms with Gasteiger partial charge in [0, 0.05) is 22.2 Å². The summed E-state index contributed by atoms with van der Waals surface area (Å²) >= 11 is 2.00. The third-order valence-corrected chi connectivity index (χ3v) is 5.87. The quantitative estimate of drug-likeness (QED) is 0.845. The topological polar surface area (TPSA) is 25.2 Å². The number of benzene rings is 1. The van der Waals surface area contributed by atoms with Crippen LogP contribution < -0.4 is 5.32 Å². The van der Waals surface area contributed by atoms with E-state index in [4.69, 9.17) is 4.42 Å². The summed E-state index contributed by atoms with van der Waals surface area (Å²) < 4.78 is 6.59. The van der Waals surface area contributed by atoms with Gasteiger partial charge in [-0.05, 0) is 38.5 Å². The first-order valence-electron chi connectivity index (χ1n) is 7.48. The summed E-state index contributed by atoms with van der Waals surface area (Å²) in [5.74, 6) is 1.12. The zero-order valence-corrected chi connectivity index (χ0v) is 13.3. The van der Waals surface area contributed by atoms with Crippen molar-refractivity contribution in [3.05, 3.63) is 35.6 Å². The molecule has 1 fully saturated rings. The minimum Gasteiger partial charge on any atom is -0.459 e. The fraction of sp³-hybridized carbons (Fsp3) is 0.529. The van der Waals surface area contributed by atoms with Crippen molar-refractivity contribution in [1.82, 2.24) is 5.32 Å². The number of fused-ring (bicyclic) bond motifs is 1. The van der Waals surface area contributed by atoms with Gasteiger partial charge in [0.05, 0.1) is 6.04 Å². The number of rotatable bonds is 6. The number of hydrogen-bond acceptors (Lipinski definition) is 3. The maximum atomic E-state index is 6.10. The third-order valence-electron chi connectivity index (χ3n) is 4.45. The van der Waals surface area contributed by atoms with Gasteiger partial charge in [-0.25, -0.2) is 0 Å². The standard InChI is InChI=1S/C17H23NOS/c1-4-13-14-7-5-6-8-15(14)19-16(13)12(2)18-11-17(20-3)9-10-17/h5-8,12,18H,4,9-11H2,1-3H3. The summed E-state index contributed by atoms with van der Waals surface area (Å²) in [7, 11) is 0. The van der Waals surface area contributed by atoms with Crippen LogP contribution in [0, 0.1) is 0 Å². The molecule has 1 atom stereocenters. The van der Waals surface area contributed by atoms with Gasteiger partial charge in [-0.1, -0.05) is 25.1 Å². The highest BCUT2D eigenvalue weighted by atomic mass is 32.2. The lowest BCUT2D eigenvalue weighted by molar-refractivity contribution is 0.445. The average molecular weight is 289 g/mol. The largest absolute Gasteiger partial charge is 0.459 e. The van der Waals surface area contributed by atoms with Gasteiger partial charge in [0.1, 0.15) is 11.3 Å². The van der Waals surface area contributed by atoms with E-state index >= 15 is 0 Å². The van der Waals surface area contributed by atoms with Crippen molar-refractivity contribution in [2.45, 2.75) is 43.9 Å². The minimum atomic E-state index is 0.280. The van der Waals surface area contributed by atoms with Crippen molar-refractivity contribution in [3.8, 4) is 0 Å². The number of para-hydroxylation sites is 1. The molecular formula is C17H23NOS. The molecule has 108 valence electrons. The molecule has 1 aliphatic rings. The maximum Gasteiger partial charge on any atom is 0.134 e. The Bertz CT molecular complexity index is 600. The highest BCUT2D eigenvalue weighted by molar-refractivity contribution is 8.00. The van der Waals surface area contributed by atoms with Crippen LogP contribution in [0.5, 0.6) is 0 Å². The fourth-order valence-corrected chi connectivity index (χ4v) is 3.59. The SMILES string of the molecule is CCc1c(C(C)NCC2(SC)CC2)oc2ccccc12. The van der Waals surface area contributed by atoms with Crippen LogP contribution >= 0.6 is 11.8 Å². The van der Waals surface area contributed by atoms with E-state index in [0.717, 1.165) is 24.3 Å². The number of hydrogen-bond donors (Lipinski definition) is 1. The zero-order valence-electron chi connectivity index (χ0n) is 12.5. The van der Waals surface area contributed by atoms with Gasteiger partial charge in [-0.3, -0.25) is 0 Å². The molecule has 3 rings (SSSR count). The van der Waals surface area contributed by atoms with E-state index in [1.165, 1.54) is 23.8 Å². The lowest BCUT2D eigenvalue weighted by Gasteiger charge is -2.18. The number of aryl methyl sites for hydroxylation is 1. The Hall–Kier alpha value is -0.930. The van der Waals surface area contributed by atoms with E-state index in [2.05, 4.69) is 43.6 Å². The molecule has 1 saturated carbocycles. The van der Waals surface area contributed by atoms with Crippen LogP contribution in [0.15, 0.2) is 28.7 Å². The van der Waals surface area contributed by atoms with Crippen LogP contribution in [0.4, 0.5) is 0 Å². The van der Waals surface area contributed by atoms with Crippen LogP contribution in [0.1, 0.15) is 44.1 Å². The second kappa shape index (κ2) is 5.45. The molecule has 0 radical (unpaired) electrons. The molecule has 0 spiro atoms. The van der Waals surface area contributed by atoms with Gasteiger partial charge in [0.2, 0.25) is 0 Å². The predicted octanol–water partition coefficient (Wildman–Crippen LogP) is 4.54. The van der Waals surface area contributed by atoms with E-state index < -0.39 is 0 Å². The zero-order chi connectivity index (χ0) is 14.2. The lowest BCUT2D eigenvalue weighted by atomic mass is 10.0. The number of thioether (sulfide) groups is 1. The molecule has 1 aromatic carbocycles. The second-order valence-corrected chi connectivity index (χ2v) is 7.06. The normalized spacial score (nSPS) is 18.4. The van der Waals surface area contributed by atoms with Gasteiger partial charge >= 0.3 is 0 Å². The van der Waals surface area contributed by atoms with Crippen LogP contribution in [0.25, 0.3) is 11.0 Å². The Kier molecular flexibility index (Phi) is 3.83. The summed E-state index contributed by atoms with van der Waals surface area (Å²) in [4.78, 5) is 0. The van der Waals surface area contributed by atoms with Gasteiger partial charge in [0.25, 0.3) is 0 Å². The van der Waals surface area contributed by atoms with Crippen molar-refractivity contribution in [2.24, 2.45) is 0 Å². The van der Waals surface area contributed by atoms with E-state index in [9.17, 15) is 0 Å². The summed E-state index contributed by atoms with van der Waals surface area (Å²) in [5.41, 5.74) is 2.37. The van der Waals surface area contributed by atoms with Crippen LogP contribution in [-0.2, 0) is 6.42 Å². The summed E-state index contributed by atoms with van der Waals surface area (Å²) in [5, 5.41) is 4.94.